The zero-order valence-electron chi connectivity index (χ0n) is 11.0. The van der Waals surface area contributed by atoms with Crippen LogP contribution in [0.2, 0.25) is 0 Å². The molecule has 0 amide bonds. The second-order valence-electron chi connectivity index (χ2n) is 4.63. The summed E-state index contributed by atoms with van der Waals surface area (Å²) < 4.78 is 27.1. The lowest BCUT2D eigenvalue weighted by molar-refractivity contribution is 0.477. The molecule has 106 valence electrons. The van der Waals surface area contributed by atoms with Gasteiger partial charge in [-0.3, -0.25) is 4.72 Å². The zero-order chi connectivity index (χ0) is 14.9. The number of rotatable bonds is 3. The molecule has 0 aliphatic carbocycles. The molecular weight excluding hydrogens is 286 g/mol. The molecule has 0 atom stereocenters. The first-order valence-corrected chi connectivity index (χ1v) is 7.84. The van der Waals surface area contributed by atoms with Gasteiger partial charge in [-0.05, 0) is 35.0 Å². The van der Waals surface area contributed by atoms with Gasteiger partial charge in [0.1, 0.15) is 5.75 Å². The minimum atomic E-state index is -3.74. The summed E-state index contributed by atoms with van der Waals surface area (Å²) in [6.45, 7) is 0. The van der Waals surface area contributed by atoms with Gasteiger partial charge in [0.25, 0.3) is 10.0 Å². The Labute approximate surface area is 122 Å². The van der Waals surface area contributed by atoms with E-state index in [0.717, 1.165) is 10.8 Å². The summed E-state index contributed by atoms with van der Waals surface area (Å²) in [6, 6.07) is 18.7. The fourth-order valence-corrected chi connectivity index (χ4v) is 3.21. The third kappa shape index (κ3) is 2.68. The lowest BCUT2D eigenvalue weighted by Gasteiger charge is -2.10. The van der Waals surface area contributed by atoms with Crippen molar-refractivity contribution < 1.29 is 13.5 Å². The summed E-state index contributed by atoms with van der Waals surface area (Å²) in [5, 5.41) is 11.5. The highest BCUT2D eigenvalue weighted by Crippen LogP contribution is 2.26. The van der Waals surface area contributed by atoms with Gasteiger partial charge in [0, 0.05) is 0 Å². The summed E-state index contributed by atoms with van der Waals surface area (Å²) in [7, 11) is -3.74. The standard InChI is InChI=1S/C16H13NO3S/c18-16-8-4-3-7-15(16)17-21(19,20)14-10-9-12-5-1-2-6-13(12)11-14/h1-11,17-18H. The predicted molar refractivity (Wildman–Crippen MR) is 82.9 cm³/mol. The number of fused-ring (bicyclic) bond motifs is 1. The molecule has 0 saturated heterocycles. The smallest absolute Gasteiger partial charge is 0.262 e. The number of sulfonamides is 1. The van der Waals surface area contributed by atoms with Crippen LogP contribution in [0.1, 0.15) is 0 Å². The van der Waals surface area contributed by atoms with Crippen LogP contribution in [0.25, 0.3) is 10.8 Å². The largest absolute Gasteiger partial charge is 0.506 e. The van der Waals surface area contributed by atoms with Crippen molar-refractivity contribution in [2.24, 2.45) is 0 Å². The van der Waals surface area contributed by atoms with E-state index in [1.54, 1.807) is 30.3 Å². The van der Waals surface area contributed by atoms with Crippen LogP contribution in [0, 0.1) is 0 Å². The normalized spacial score (nSPS) is 11.4. The Kier molecular flexibility index (Phi) is 3.27. The van der Waals surface area contributed by atoms with Gasteiger partial charge in [0.2, 0.25) is 0 Å². The van der Waals surface area contributed by atoms with Gasteiger partial charge in [-0.1, -0.05) is 42.5 Å². The first-order chi connectivity index (χ1) is 10.1. The number of hydrogen-bond donors (Lipinski definition) is 2. The summed E-state index contributed by atoms with van der Waals surface area (Å²) in [5.74, 6) is -0.109. The molecule has 0 aliphatic heterocycles. The van der Waals surface area contributed by atoms with Crippen LogP contribution in [0.15, 0.2) is 71.6 Å². The third-order valence-electron chi connectivity index (χ3n) is 3.18. The molecule has 0 heterocycles. The average molecular weight is 299 g/mol. The topological polar surface area (TPSA) is 66.4 Å². The van der Waals surface area contributed by atoms with E-state index in [1.165, 1.54) is 12.1 Å². The molecule has 4 nitrogen and oxygen atoms in total. The molecule has 0 fully saturated rings. The Balaban J connectivity index is 2.02. The highest BCUT2D eigenvalue weighted by atomic mass is 32.2. The summed E-state index contributed by atoms with van der Waals surface area (Å²) in [4.78, 5) is 0.157. The van der Waals surface area contributed by atoms with E-state index in [2.05, 4.69) is 4.72 Å². The van der Waals surface area contributed by atoms with Crippen LogP contribution in [0.3, 0.4) is 0 Å². The molecule has 0 saturated carbocycles. The lowest BCUT2D eigenvalue weighted by Crippen LogP contribution is -2.12. The van der Waals surface area contributed by atoms with Crippen molar-refractivity contribution in [1.82, 2.24) is 0 Å². The minimum absolute atomic E-state index is 0.109. The molecule has 0 radical (unpaired) electrons. The number of aromatic hydroxyl groups is 1. The number of anilines is 1. The van der Waals surface area contributed by atoms with Crippen LogP contribution in [0.4, 0.5) is 5.69 Å². The van der Waals surface area contributed by atoms with Crippen molar-refractivity contribution >= 4 is 26.5 Å². The quantitative estimate of drug-likeness (QED) is 0.729. The second-order valence-corrected chi connectivity index (χ2v) is 6.31. The van der Waals surface area contributed by atoms with Gasteiger partial charge in [-0.25, -0.2) is 8.42 Å². The van der Waals surface area contributed by atoms with Gasteiger partial charge >= 0.3 is 0 Å². The molecular formula is C16H13NO3S. The Morgan fingerprint density at radius 2 is 1.48 bits per heavy atom. The predicted octanol–water partition coefficient (Wildman–Crippen LogP) is 3.35. The van der Waals surface area contributed by atoms with Crippen LogP contribution in [-0.2, 0) is 10.0 Å². The van der Waals surface area contributed by atoms with E-state index < -0.39 is 10.0 Å². The van der Waals surface area contributed by atoms with Crippen LogP contribution < -0.4 is 4.72 Å². The summed E-state index contributed by atoms with van der Waals surface area (Å²) >= 11 is 0. The maximum atomic E-state index is 12.4. The molecule has 0 aliphatic rings. The molecule has 21 heavy (non-hydrogen) atoms. The Morgan fingerprint density at radius 3 is 2.24 bits per heavy atom. The van der Waals surface area contributed by atoms with Crippen molar-refractivity contribution in [2.75, 3.05) is 4.72 Å². The van der Waals surface area contributed by atoms with Gasteiger partial charge in [-0.15, -0.1) is 0 Å². The maximum Gasteiger partial charge on any atom is 0.262 e. The third-order valence-corrected chi connectivity index (χ3v) is 4.54. The van der Waals surface area contributed by atoms with E-state index in [-0.39, 0.29) is 16.3 Å². The Hall–Kier alpha value is -2.53. The first kappa shape index (κ1) is 13.5. The fraction of sp³-hybridized carbons (Fsp3) is 0. The van der Waals surface area contributed by atoms with Crippen molar-refractivity contribution in [3.63, 3.8) is 0 Å². The van der Waals surface area contributed by atoms with Crippen LogP contribution in [0.5, 0.6) is 5.75 Å². The van der Waals surface area contributed by atoms with Crippen molar-refractivity contribution in [2.45, 2.75) is 4.90 Å². The molecule has 5 heteroatoms. The summed E-state index contributed by atoms with van der Waals surface area (Å²) in [5.41, 5.74) is 0.158. The van der Waals surface area contributed by atoms with Crippen LogP contribution >= 0.6 is 0 Å². The molecule has 0 unspecified atom stereocenters. The molecule has 3 aromatic carbocycles. The molecule has 0 spiro atoms. The minimum Gasteiger partial charge on any atom is -0.506 e. The number of benzene rings is 3. The maximum absolute atomic E-state index is 12.4. The number of para-hydroxylation sites is 2. The number of phenolic OH excluding ortho intramolecular Hbond substituents is 1. The Morgan fingerprint density at radius 1 is 0.810 bits per heavy atom. The molecule has 3 rings (SSSR count). The second kappa shape index (κ2) is 5.10. The van der Waals surface area contributed by atoms with E-state index in [1.807, 2.05) is 24.3 Å². The fourth-order valence-electron chi connectivity index (χ4n) is 2.10. The van der Waals surface area contributed by atoms with E-state index >= 15 is 0 Å². The van der Waals surface area contributed by atoms with Crippen molar-refractivity contribution in [3.05, 3.63) is 66.7 Å². The van der Waals surface area contributed by atoms with E-state index in [4.69, 9.17) is 0 Å². The molecule has 3 aromatic rings. The van der Waals surface area contributed by atoms with Gasteiger partial charge in [-0.2, -0.15) is 0 Å². The van der Waals surface area contributed by atoms with Crippen molar-refractivity contribution in [3.8, 4) is 5.75 Å². The Bertz CT molecular complexity index is 904. The van der Waals surface area contributed by atoms with Gasteiger partial charge in [0.05, 0.1) is 10.6 Å². The number of nitrogens with one attached hydrogen (secondary N) is 1. The SMILES string of the molecule is O=S(=O)(Nc1ccccc1O)c1ccc2ccccc2c1. The number of hydrogen-bond acceptors (Lipinski definition) is 3. The van der Waals surface area contributed by atoms with Gasteiger partial charge < -0.3 is 5.11 Å². The highest BCUT2D eigenvalue weighted by Gasteiger charge is 2.16. The van der Waals surface area contributed by atoms with Crippen LogP contribution in [-0.4, -0.2) is 13.5 Å². The molecule has 0 bridgehead atoms. The monoisotopic (exact) mass is 299 g/mol. The molecule has 2 N–H and O–H groups in total. The van der Waals surface area contributed by atoms with Gasteiger partial charge in [0.15, 0.2) is 0 Å². The number of phenols is 1. The lowest BCUT2D eigenvalue weighted by atomic mass is 10.1. The van der Waals surface area contributed by atoms with Crippen molar-refractivity contribution in [1.29, 1.82) is 0 Å². The molecule has 0 aromatic heterocycles. The average Bonchev–Trinajstić information content (AvgIpc) is 2.49. The van der Waals surface area contributed by atoms with E-state index in [9.17, 15) is 13.5 Å². The zero-order valence-corrected chi connectivity index (χ0v) is 11.8. The van der Waals surface area contributed by atoms with E-state index in [0.29, 0.717) is 0 Å². The summed E-state index contributed by atoms with van der Waals surface area (Å²) in [6.07, 6.45) is 0. The highest BCUT2D eigenvalue weighted by molar-refractivity contribution is 7.92. The first-order valence-electron chi connectivity index (χ1n) is 6.36.